The van der Waals surface area contributed by atoms with Gasteiger partial charge in [0.2, 0.25) is 0 Å². The van der Waals surface area contributed by atoms with Gasteiger partial charge in [0.15, 0.2) is 0 Å². The quantitative estimate of drug-likeness (QED) is 0.829. The second kappa shape index (κ2) is 7.37. The van der Waals surface area contributed by atoms with Crippen molar-refractivity contribution >= 4 is 23.3 Å². The van der Waals surface area contributed by atoms with Crippen molar-refractivity contribution in [2.75, 3.05) is 11.9 Å². The summed E-state index contributed by atoms with van der Waals surface area (Å²) in [5.74, 6) is 0. The molecular formula is C16H14ClF3N2O. The molecule has 0 heterocycles. The Kier molecular flexibility index (Phi) is 5.50. The van der Waals surface area contributed by atoms with Gasteiger partial charge in [0, 0.05) is 12.2 Å². The molecule has 0 aliphatic carbocycles. The zero-order valence-electron chi connectivity index (χ0n) is 12.0. The van der Waals surface area contributed by atoms with Crippen LogP contribution in [0.5, 0.6) is 0 Å². The minimum atomic E-state index is -4.57. The fraction of sp³-hybridized carbons (Fsp3) is 0.188. The van der Waals surface area contributed by atoms with Crippen LogP contribution in [0.4, 0.5) is 23.7 Å². The Hall–Kier alpha value is -2.21. The van der Waals surface area contributed by atoms with Crippen molar-refractivity contribution in [3.8, 4) is 0 Å². The highest BCUT2D eigenvalue weighted by molar-refractivity contribution is 6.31. The average molecular weight is 343 g/mol. The molecule has 0 unspecified atom stereocenters. The lowest BCUT2D eigenvalue weighted by Gasteiger charge is -2.12. The highest BCUT2D eigenvalue weighted by Gasteiger charge is 2.33. The standard InChI is InChI=1S/C16H14ClF3N2O/c17-14-7-6-12(10-13(14)16(18,19)20)22-15(23)21-9-8-11-4-2-1-3-5-11/h1-7,10H,8-9H2,(H2,21,22,23). The molecule has 2 N–H and O–H groups in total. The van der Waals surface area contributed by atoms with Crippen LogP contribution in [0.15, 0.2) is 48.5 Å². The summed E-state index contributed by atoms with van der Waals surface area (Å²) in [6.07, 6.45) is -3.94. The minimum absolute atomic E-state index is 0.0268. The van der Waals surface area contributed by atoms with Crippen LogP contribution in [0, 0.1) is 0 Å². The van der Waals surface area contributed by atoms with E-state index >= 15 is 0 Å². The first-order valence-electron chi connectivity index (χ1n) is 6.82. The Bertz CT molecular complexity index is 675. The normalized spacial score (nSPS) is 11.1. The molecule has 3 nitrogen and oxygen atoms in total. The fourth-order valence-electron chi connectivity index (χ4n) is 1.96. The smallest absolute Gasteiger partial charge is 0.338 e. The monoisotopic (exact) mass is 342 g/mol. The number of nitrogens with one attached hydrogen (secondary N) is 2. The van der Waals surface area contributed by atoms with E-state index in [1.54, 1.807) is 0 Å². The predicted octanol–water partition coefficient (Wildman–Crippen LogP) is 4.72. The summed E-state index contributed by atoms with van der Waals surface area (Å²) in [5.41, 5.74) is 0.0961. The molecule has 0 bridgehead atoms. The average Bonchev–Trinajstić information content (AvgIpc) is 2.49. The van der Waals surface area contributed by atoms with E-state index < -0.39 is 22.8 Å². The second-order valence-corrected chi connectivity index (χ2v) is 5.22. The number of carbonyl (C=O) groups is 1. The number of benzene rings is 2. The van der Waals surface area contributed by atoms with Crippen LogP contribution >= 0.6 is 11.6 Å². The molecule has 0 saturated heterocycles. The van der Waals surface area contributed by atoms with Crippen molar-refractivity contribution < 1.29 is 18.0 Å². The van der Waals surface area contributed by atoms with E-state index in [1.807, 2.05) is 30.3 Å². The van der Waals surface area contributed by atoms with Gasteiger partial charge in [-0.1, -0.05) is 41.9 Å². The molecule has 2 aromatic rings. The van der Waals surface area contributed by atoms with Crippen molar-refractivity contribution in [3.05, 3.63) is 64.7 Å². The fourth-order valence-corrected chi connectivity index (χ4v) is 2.19. The van der Waals surface area contributed by atoms with E-state index in [-0.39, 0.29) is 5.69 Å². The van der Waals surface area contributed by atoms with Crippen LogP contribution in [0.1, 0.15) is 11.1 Å². The van der Waals surface area contributed by atoms with Crippen molar-refractivity contribution in [1.82, 2.24) is 5.32 Å². The molecule has 0 aliphatic rings. The Morgan fingerprint density at radius 2 is 1.78 bits per heavy atom. The van der Waals surface area contributed by atoms with E-state index in [2.05, 4.69) is 10.6 Å². The molecule has 122 valence electrons. The van der Waals surface area contributed by atoms with Gasteiger partial charge in [-0.05, 0) is 30.2 Å². The predicted molar refractivity (Wildman–Crippen MR) is 83.6 cm³/mol. The second-order valence-electron chi connectivity index (χ2n) is 4.81. The number of amides is 2. The number of halogens is 4. The lowest BCUT2D eigenvalue weighted by atomic mass is 10.1. The Morgan fingerprint density at radius 3 is 2.43 bits per heavy atom. The topological polar surface area (TPSA) is 41.1 Å². The zero-order valence-corrected chi connectivity index (χ0v) is 12.7. The van der Waals surface area contributed by atoms with E-state index in [0.717, 1.165) is 17.7 Å². The maximum absolute atomic E-state index is 12.7. The molecule has 0 radical (unpaired) electrons. The van der Waals surface area contributed by atoms with E-state index in [1.165, 1.54) is 6.07 Å². The molecule has 0 atom stereocenters. The zero-order chi connectivity index (χ0) is 16.9. The summed E-state index contributed by atoms with van der Waals surface area (Å²) in [4.78, 5) is 11.7. The third-order valence-electron chi connectivity index (χ3n) is 3.07. The first-order valence-corrected chi connectivity index (χ1v) is 7.19. The summed E-state index contributed by atoms with van der Waals surface area (Å²) in [6.45, 7) is 0.371. The molecule has 2 amide bonds. The van der Waals surface area contributed by atoms with Gasteiger partial charge in [0.25, 0.3) is 0 Å². The molecule has 0 saturated carbocycles. The molecule has 0 aromatic heterocycles. The Morgan fingerprint density at radius 1 is 1.09 bits per heavy atom. The molecule has 2 aromatic carbocycles. The summed E-state index contributed by atoms with van der Waals surface area (Å²) in [7, 11) is 0. The first-order chi connectivity index (χ1) is 10.9. The highest BCUT2D eigenvalue weighted by atomic mass is 35.5. The van der Waals surface area contributed by atoms with Crippen molar-refractivity contribution in [3.63, 3.8) is 0 Å². The lowest BCUT2D eigenvalue weighted by Crippen LogP contribution is -2.30. The van der Waals surface area contributed by atoms with Crippen LogP contribution in [0.25, 0.3) is 0 Å². The number of carbonyl (C=O) groups excluding carboxylic acids is 1. The summed E-state index contributed by atoms with van der Waals surface area (Å²) < 4.78 is 38.2. The number of hydrogen-bond donors (Lipinski definition) is 2. The van der Waals surface area contributed by atoms with Crippen LogP contribution in [0.2, 0.25) is 5.02 Å². The third-order valence-corrected chi connectivity index (χ3v) is 3.40. The number of alkyl halides is 3. The van der Waals surface area contributed by atoms with Crippen LogP contribution in [-0.2, 0) is 12.6 Å². The van der Waals surface area contributed by atoms with Gasteiger partial charge < -0.3 is 10.6 Å². The highest BCUT2D eigenvalue weighted by Crippen LogP contribution is 2.36. The largest absolute Gasteiger partial charge is 0.417 e. The third kappa shape index (κ3) is 5.17. The van der Waals surface area contributed by atoms with Gasteiger partial charge in [-0.15, -0.1) is 0 Å². The van der Waals surface area contributed by atoms with Gasteiger partial charge in [-0.25, -0.2) is 4.79 Å². The number of urea groups is 1. The van der Waals surface area contributed by atoms with E-state index in [4.69, 9.17) is 11.6 Å². The van der Waals surface area contributed by atoms with E-state index in [9.17, 15) is 18.0 Å². The summed E-state index contributed by atoms with van der Waals surface area (Å²) in [5, 5.41) is 4.54. The van der Waals surface area contributed by atoms with Crippen LogP contribution in [-0.4, -0.2) is 12.6 Å². The molecule has 2 rings (SSSR count). The maximum Gasteiger partial charge on any atom is 0.417 e. The van der Waals surface area contributed by atoms with Crippen molar-refractivity contribution in [1.29, 1.82) is 0 Å². The number of hydrogen-bond acceptors (Lipinski definition) is 1. The van der Waals surface area contributed by atoms with Gasteiger partial charge in [-0.2, -0.15) is 13.2 Å². The van der Waals surface area contributed by atoms with Gasteiger partial charge in [-0.3, -0.25) is 0 Å². The molecule has 0 aliphatic heterocycles. The molecule has 0 spiro atoms. The molecule has 0 fully saturated rings. The van der Waals surface area contributed by atoms with Gasteiger partial charge >= 0.3 is 12.2 Å². The SMILES string of the molecule is O=C(NCCc1ccccc1)Nc1ccc(Cl)c(C(F)(F)F)c1. The van der Waals surface area contributed by atoms with Gasteiger partial charge in [0.1, 0.15) is 0 Å². The molecule has 23 heavy (non-hydrogen) atoms. The minimum Gasteiger partial charge on any atom is -0.338 e. The summed E-state index contributed by atoms with van der Waals surface area (Å²) >= 11 is 5.52. The number of anilines is 1. The van der Waals surface area contributed by atoms with Crippen molar-refractivity contribution in [2.24, 2.45) is 0 Å². The Balaban J connectivity index is 1.90. The number of rotatable bonds is 4. The van der Waals surface area contributed by atoms with Crippen LogP contribution in [0.3, 0.4) is 0 Å². The first kappa shape index (κ1) is 17.1. The maximum atomic E-state index is 12.7. The van der Waals surface area contributed by atoms with E-state index in [0.29, 0.717) is 13.0 Å². The Labute approximate surface area is 136 Å². The van der Waals surface area contributed by atoms with Gasteiger partial charge in [0.05, 0.1) is 10.6 Å². The molecule has 7 heteroatoms. The lowest BCUT2D eigenvalue weighted by molar-refractivity contribution is -0.137. The van der Waals surface area contributed by atoms with Crippen molar-refractivity contribution in [2.45, 2.75) is 12.6 Å². The molecular weight excluding hydrogens is 329 g/mol. The summed E-state index contributed by atoms with van der Waals surface area (Å²) in [6, 6.07) is 12.2. The van der Waals surface area contributed by atoms with Crippen LogP contribution < -0.4 is 10.6 Å².